The van der Waals surface area contributed by atoms with Crippen molar-refractivity contribution in [2.45, 2.75) is 25.6 Å². The number of nitro groups is 1. The Bertz CT molecular complexity index is 899. The summed E-state index contributed by atoms with van der Waals surface area (Å²) in [6, 6.07) is 15.3. The zero-order valence-corrected chi connectivity index (χ0v) is 14.6. The summed E-state index contributed by atoms with van der Waals surface area (Å²) in [4.78, 5) is 35.2. The van der Waals surface area contributed by atoms with Crippen LogP contribution in [-0.2, 0) is 25.5 Å². The lowest BCUT2D eigenvalue weighted by molar-refractivity contribution is -0.385. The summed E-state index contributed by atoms with van der Waals surface area (Å²) in [7, 11) is 0. The Kier molecular flexibility index (Phi) is 5.03. The molecule has 0 radical (unpaired) electrons. The van der Waals surface area contributed by atoms with Crippen molar-refractivity contribution < 1.29 is 24.0 Å². The lowest BCUT2D eigenvalue weighted by Crippen LogP contribution is -2.44. The molecule has 7 nitrogen and oxygen atoms in total. The highest BCUT2D eigenvalue weighted by Crippen LogP contribution is 2.30. The standard InChI is InChI=1S/C20H17NO6/c1-20(12-11-14-7-3-2-4-8-14)26-18(22)16(19(23)27-20)13-15-9-5-6-10-17(15)21(24)25/h2-10,13H,11-12H2,1H3. The van der Waals surface area contributed by atoms with Crippen molar-refractivity contribution in [3.63, 3.8) is 0 Å². The summed E-state index contributed by atoms with van der Waals surface area (Å²) in [5.41, 5.74) is 0.552. The summed E-state index contributed by atoms with van der Waals surface area (Å²) in [5.74, 6) is -3.11. The molecule has 3 rings (SSSR count). The number of hydrogen-bond donors (Lipinski definition) is 0. The van der Waals surface area contributed by atoms with Gasteiger partial charge < -0.3 is 9.47 Å². The van der Waals surface area contributed by atoms with Gasteiger partial charge in [0, 0.05) is 19.4 Å². The first kappa shape index (κ1) is 18.3. The van der Waals surface area contributed by atoms with Gasteiger partial charge in [0.25, 0.3) is 11.5 Å². The van der Waals surface area contributed by atoms with Crippen LogP contribution in [0.4, 0.5) is 5.69 Å². The van der Waals surface area contributed by atoms with Crippen molar-refractivity contribution in [1.29, 1.82) is 0 Å². The van der Waals surface area contributed by atoms with Gasteiger partial charge in [0.2, 0.25) is 0 Å². The molecule has 0 saturated carbocycles. The number of carbonyl (C=O) groups is 2. The van der Waals surface area contributed by atoms with Gasteiger partial charge in [0.15, 0.2) is 0 Å². The van der Waals surface area contributed by atoms with E-state index in [9.17, 15) is 19.7 Å². The minimum absolute atomic E-state index is 0.124. The van der Waals surface area contributed by atoms with Crippen LogP contribution in [0.3, 0.4) is 0 Å². The molecule has 0 bridgehead atoms. The quantitative estimate of drug-likeness (QED) is 0.264. The minimum Gasteiger partial charge on any atom is -0.419 e. The number of ether oxygens (including phenoxy) is 2. The Balaban J connectivity index is 1.78. The van der Waals surface area contributed by atoms with E-state index in [1.807, 2.05) is 30.3 Å². The predicted molar refractivity (Wildman–Crippen MR) is 96.4 cm³/mol. The molecule has 2 aromatic carbocycles. The maximum atomic E-state index is 12.4. The van der Waals surface area contributed by atoms with Gasteiger partial charge in [-0.2, -0.15) is 0 Å². The molecule has 1 saturated heterocycles. The van der Waals surface area contributed by atoms with E-state index in [1.165, 1.54) is 25.1 Å². The second-order valence-electron chi connectivity index (χ2n) is 6.27. The molecule has 1 heterocycles. The van der Waals surface area contributed by atoms with Crippen LogP contribution in [0.2, 0.25) is 0 Å². The van der Waals surface area contributed by atoms with Gasteiger partial charge in [0.1, 0.15) is 5.57 Å². The summed E-state index contributed by atoms with van der Waals surface area (Å²) in [6.45, 7) is 1.52. The number of esters is 2. The van der Waals surface area contributed by atoms with Crippen LogP contribution < -0.4 is 0 Å². The molecule has 0 aromatic heterocycles. The number of benzene rings is 2. The highest BCUT2D eigenvalue weighted by molar-refractivity contribution is 6.19. The van der Waals surface area contributed by atoms with Crippen LogP contribution in [-0.4, -0.2) is 22.6 Å². The number of aryl methyl sites for hydroxylation is 1. The van der Waals surface area contributed by atoms with Gasteiger partial charge in [-0.3, -0.25) is 10.1 Å². The van der Waals surface area contributed by atoms with Crippen molar-refractivity contribution in [3.05, 3.63) is 81.4 Å². The number of rotatable bonds is 5. The Morgan fingerprint density at radius 1 is 1.00 bits per heavy atom. The molecule has 0 amide bonds. The van der Waals surface area contributed by atoms with Crippen LogP contribution in [0.15, 0.2) is 60.2 Å². The van der Waals surface area contributed by atoms with Crippen LogP contribution in [0, 0.1) is 10.1 Å². The molecule has 27 heavy (non-hydrogen) atoms. The molecule has 1 aliphatic heterocycles. The first-order valence-corrected chi connectivity index (χ1v) is 8.34. The van der Waals surface area contributed by atoms with Crippen molar-refractivity contribution in [3.8, 4) is 0 Å². The summed E-state index contributed by atoms with van der Waals surface area (Å²) >= 11 is 0. The van der Waals surface area contributed by atoms with E-state index in [0.717, 1.165) is 11.6 Å². The number of carbonyl (C=O) groups excluding carboxylic acids is 2. The van der Waals surface area contributed by atoms with E-state index in [4.69, 9.17) is 9.47 Å². The molecule has 0 atom stereocenters. The number of para-hydroxylation sites is 1. The predicted octanol–water partition coefficient (Wildman–Crippen LogP) is 3.43. The maximum absolute atomic E-state index is 12.4. The highest BCUT2D eigenvalue weighted by atomic mass is 16.7. The van der Waals surface area contributed by atoms with Crippen molar-refractivity contribution in [1.82, 2.24) is 0 Å². The molecule has 138 valence electrons. The van der Waals surface area contributed by atoms with Crippen LogP contribution in [0.25, 0.3) is 6.08 Å². The average molecular weight is 367 g/mol. The van der Waals surface area contributed by atoms with Gasteiger partial charge in [-0.05, 0) is 24.1 Å². The molecular formula is C20H17NO6. The molecule has 1 fully saturated rings. The Morgan fingerprint density at radius 3 is 2.22 bits per heavy atom. The molecule has 0 unspecified atom stereocenters. The second kappa shape index (κ2) is 7.41. The monoisotopic (exact) mass is 367 g/mol. The first-order chi connectivity index (χ1) is 12.9. The molecule has 1 aliphatic rings. The molecule has 0 N–H and O–H groups in total. The van der Waals surface area contributed by atoms with Crippen molar-refractivity contribution in [2.75, 3.05) is 0 Å². The van der Waals surface area contributed by atoms with E-state index in [1.54, 1.807) is 6.07 Å². The van der Waals surface area contributed by atoms with Gasteiger partial charge in [0.05, 0.1) is 10.5 Å². The molecular weight excluding hydrogens is 350 g/mol. The summed E-state index contributed by atoms with van der Waals surface area (Å²) < 4.78 is 10.7. The topological polar surface area (TPSA) is 95.7 Å². The van der Waals surface area contributed by atoms with Gasteiger partial charge in [-0.15, -0.1) is 0 Å². The largest absolute Gasteiger partial charge is 0.419 e. The Labute approximate surface area is 155 Å². The second-order valence-corrected chi connectivity index (χ2v) is 6.27. The van der Waals surface area contributed by atoms with Crippen molar-refractivity contribution >= 4 is 23.7 Å². The fourth-order valence-corrected chi connectivity index (χ4v) is 2.77. The summed E-state index contributed by atoms with van der Waals surface area (Å²) in [6.07, 6.45) is 1.98. The highest BCUT2D eigenvalue weighted by Gasteiger charge is 2.42. The molecule has 7 heteroatoms. The van der Waals surface area contributed by atoms with E-state index >= 15 is 0 Å². The van der Waals surface area contributed by atoms with Gasteiger partial charge in [-0.25, -0.2) is 9.59 Å². The number of nitro benzene ring substituents is 1. The van der Waals surface area contributed by atoms with Gasteiger partial charge >= 0.3 is 11.9 Å². The Hall–Kier alpha value is -3.48. The van der Waals surface area contributed by atoms with Crippen LogP contribution in [0.1, 0.15) is 24.5 Å². The third kappa shape index (κ3) is 4.20. The molecule has 2 aromatic rings. The minimum atomic E-state index is -1.38. The van der Waals surface area contributed by atoms with Crippen LogP contribution >= 0.6 is 0 Å². The van der Waals surface area contributed by atoms with Gasteiger partial charge in [-0.1, -0.05) is 42.5 Å². The normalized spacial score (nSPS) is 19.2. The van der Waals surface area contributed by atoms with Crippen molar-refractivity contribution in [2.24, 2.45) is 0 Å². The number of nitrogens with zero attached hydrogens (tertiary/aromatic N) is 1. The fraction of sp³-hybridized carbons (Fsp3) is 0.200. The zero-order valence-electron chi connectivity index (χ0n) is 14.6. The van der Waals surface area contributed by atoms with Crippen LogP contribution in [0.5, 0.6) is 0 Å². The lowest BCUT2D eigenvalue weighted by atomic mass is 10.0. The molecule has 0 spiro atoms. The SMILES string of the molecule is CC1(CCc2ccccc2)OC(=O)C(=Cc2ccccc2[N+](=O)[O-])C(=O)O1. The third-order valence-corrected chi connectivity index (χ3v) is 4.20. The number of hydrogen-bond acceptors (Lipinski definition) is 6. The van der Waals surface area contributed by atoms with E-state index in [0.29, 0.717) is 12.8 Å². The summed E-state index contributed by atoms with van der Waals surface area (Å²) in [5, 5.41) is 11.1. The lowest BCUT2D eigenvalue weighted by Gasteiger charge is -2.33. The first-order valence-electron chi connectivity index (χ1n) is 8.34. The van der Waals surface area contributed by atoms with E-state index < -0.39 is 22.6 Å². The smallest absolute Gasteiger partial charge is 0.348 e. The van der Waals surface area contributed by atoms with E-state index in [-0.39, 0.29) is 16.8 Å². The number of cyclic esters (lactones) is 2. The fourth-order valence-electron chi connectivity index (χ4n) is 2.77. The molecule has 0 aliphatic carbocycles. The average Bonchev–Trinajstić information content (AvgIpc) is 2.64. The third-order valence-electron chi connectivity index (χ3n) is 4.20. The zero-order chi connectivity index (χ0) is 19.4. The Morgan fingerprint density at radius 2 is 1.59 bits per heavy atom. The maximum Gasteiger partial charge on any atom is 0.348 e. The van der Waals surface area contributed by atoms with E-state index in [2.05, 4.69) is 0 Å².